The molecule has 9 nitrogen and oxygen atoms in total. The summed E-state index contributed by atoms with van der Waals surface area (Å²) in [6.07, 6.45) is 2.97. The number of aliphatic hydroxyl groups excluding tert-OH is 2. The van der Waals surface area contributed by atoms with Gasteiger partial charge >= 0.3 is 0 Å². The average molecular weight is 595 g/mol. The molecule has 0 aliphatic heterocycles. The number of anilines is 1. The number of Topliss-reactive ketones (excluding diaryl/α,β-unsaturated/α-hetero) is 1. The van der Waals surface area contributed by atoms with Crippen LogP contribution in [-0.4, -0.2) is 76.0 Å². The molecule has 42 heavy (non-hydrogen) atoms. The van der Waals surface area contributed by atoms with E-state index in [0.29, 0.717) is 45.1 Å². The van der Waals surface area contributed by atoms with Crippen molar-refractivity contribution in [3.8, 4) is 0 Å². The first-order valence-corrected chi connectivity index (χ1v) is 15.3. The van der Waals surface area contributed by atoms with Crippen molar-refractivity contribution < 1.29 is 34.4 Å². The minimum Gasteiger partial charge on any atom is -0.396 e. The molecule has 0 spiro atoms. The largest absolute Gasteiger partial charge is 0.396 e. The van der Waals surface area contributed by atoms with Crippen LogP contribution in [0, 0.1) is 11.8 Å². The Morgan fingerprint density at radius 1 is 0.905 bits per heavy atom. The van der Waals surface area contributed by atoms with Crippen LogP contribution >= 0.6 is 0 Å². The number of carbonyl (C=O) groups is 3. The molecule has 2 amide bonds. The second kappa shape index (κ2) is 19.8. The first kappa shape index (κ1) is 39.7. The highest BCUT2D eigenvalue weighted by Crippen LogP contribution is 2.23. The van der Waals surface area contributed by atoms with E-state index in [2.05, 4.69) is 5.32 Å². The lowest BCUT2D eigenvalue weighted by Gasteiger charge is -2.34. The summed E-state index contributed by atoms with van der Waals surface area (Å²) in [5.74, 6) is -0.241. The van der Waals surface area contributed by atoms with E-state index in [1.165, 1.54) is 0 Å². The summed E-state index contributed by atoms with van der Waals surface area (Å²) in [6.45, 7) is 16.9. The van der Waals surface area contributed by atoms with Gasteiger partial charge in [-0.2, -0.15) is 0 Å². The second-order valence-corrected chi connectivity index (χ2v) is 12.8. The molecule has 2 atom stereocenters. The van der Waals surface area contributed by atoms with Crippen LogP contribution < -0.4 is 10.2 Å². The van der Waals surface area contributed by atoms with Crippen LogP contribution in [0.2, 0.25) is 0 Å². The molecule has 1 aromatic carbocycles. The molecule has 2 unspecified atom stereocenters. The van der Waals surface area contributed by atoms with E-state index in [0.717, 1.165) is 5.69 Å². The zero-order chi connectivity index (χ0) is 32.5. The van der Waals surface area contributed by atoms with Gasteiger partial charge in [0, 0.05) is 43.9 Å². The third-order valence-corrected chi connectivity index (χ3v) is 6.68. The van der Waals surface area contributed by atoms with Crippen LogP contribution in [0.3, 0.4) is 0 Å². The quantitative estimate of drug-likeness (QED) is 0.182. The first-order chi connectivity index (χ1) is 19.5. The van der Waals surface area contributed by atoms with Crippen molar-refractivity contribution in [1.29, 1.82) is 0 Å². The number of benzene rings is 1. The zero-order valence-electron chi connectivity index (χ0n) is 27.5. The summed E-state index contributed by atoms with van der Waals surface area (Å²) in [5, 5.41) is 29.2. The molecule has 4 N–H and O–H groups in total. The van der Waals surface area contributed by atoms with Gasteiger partial charge in [-0.15, -0.1) is 0 Å². The highest BCUT2D eigenvalue weighted by Gasteiger charge is 2.33. The molecule has 0 saturated heterocycles. The standard InChI is InChI=1S/C28H46N2O5.C5H12O2/c1-20(2)19-25(32)29-24(15-11-12-17-31)27(34)30(23-13-9-8-10-14-23)22(5)16-18-35-28(6,7)26(33)21(3)4;1-5(2,7)3-4-6/h8-10,13-14,20-22,24,31H,11-12,15-19H2,1-7H3,(H,29,32);6-7H,3-4H2,1-2H3. The summed E-state index contributed by atoms with van der Waals surface area (Å²) >= 11 is 0. The molecular weight excluding hydrogens is 536 g/mol. The smallest absolute Gasteiger partial charge is 0.249 e. The lowest BCUT2D eigenvalue weighted by molar-refractivity contribution is -0.144. The van der Waals surface area contributed by atoms with E-state index in [1.54, 1.807) is 32.6 Å². The van der Waals surface area contributed by atoms with Crippen LogP contribution in [-0.2, 0) is 19.1 Å². The monoisotopic (exact) mass is 594 g/mol. The average Bonchev–Trinajstić information content (AvgIpc) is 2.87. The fourth-order valence-electron chi connectivity index (χ4n) is 4.35. The van der Waals surface area contributed by atoms with E-state index in [9.17, 15) is 19.5 Å². The molecule has 0 radical (unpaired) electrons. The predicted octanol–water partition coefficient (Wildman–Crippen LogP) is 4.65. The molecule has 242 valence electrons. The maximum absolute atomic E-state index is 13.8. The van der Waals surface area contributed by atoms with Crippen LogP contribution in [0.5, 0.6) is 0 Å². The van der Waals surface area contributed by atoms with Crippen molar-refractivity contribution in [2.45, 2.75) is 124 Å². The van der Waals surface area contributed by atoms with Gasteiger partial charge < -0.3 is 30.3 Å². The third-order valence-electron chi connectivity index (χ3n) is 6.68. The number of ether oxygens (including phenoxy) is 1. The first-order valence-electron chi connectivity index (χ1n) is 15.3. The molecule has 1 aromatic rings. The Bertz CT molecular complexity index is 911. The molecular formula is C33H58N2O7. The molecule has 1 rings (SSSR count). The number of amides is 2. The number of hydrogen-bond acceptors (Lipinski definition) is 7. The fraction of sp³-hybridized carbons (Fsp3) is 0.727. The van der Waals surface area contributed by atoms with E-state index >= 15 is 0 Å². The van der Waals surface area contributed by atoms with E-state index in [1.807, 2.05) is 65.0 Å². The summed E-state index contributed by atoms with van der Waals surface area (Å²) in [5.41, 5.74) is -0.852. The van der Waals surface area contributed by atoms with Crippen LogP contribution in [0.4, 0.5) is 5.69 Å². The normalized spacial score (nSPS) is 13.3. The van der Waals surface area contributed by atoms with Gasteiger partial charge in [0.25, 0.3) is 0 Å². The van der Waals surface area contributed by atoms with Gasteiger partial charge in [-0.05, 0) is 84.8 Å². The maximum Gasteiger partial charge on any atom is 0.249 e. The van der Waals surface area contributed by atoms with Crippen molar-refractivity contribution in [2.75, 3.05) is 24.7 Å². The van der Waals surface area contributed by atoms with E-state index < -0.39 is 17.2 Å². The Morgan fingerprint density at radius 2 is 1.50 bits per heavy atom. The fourth-order valence-corrected chi connectivity index (χ4v) is 4.35. The molecule has 0 aliphatic rings. The molecule has 0 heterocycles. The Labute approximate surface area is 254 Å². The van der Waals surface area contributed by atoms with Crippen molar-refractivity contribution in [3.63, 3.8) is 0 Å². The van der Waals surface area contributed by atoms with Gasteiger partial charge in [-0.1, -0.05) is 45.9 Å². The topological polar surface area (TPSA) is 136 Å². The van der Waals surface area contributed by atoms with Gasteiger partial charge in [0.05, 0.1) is 5.60 Å². The lowest BCUT2D eigenvalue weighted by Crippen LogP contribution is -2.52. The van der Waals surface area contributed by atoms with Gasteiger partial charge in [-0.3, -0.25) is 14.4 Å². The highest BCUT2D eigenvalue weighted by molar-refractivity contribution is 5.99. The van der Waals surface area contributed by atoms with E-state index in [4.69, 9.17) is 14.9 Å². The van der Waals surface area contributed by atoms with Crippen molar-refractivity contribution in [1.82, 2.24) is 5.32 Å². The Morgan fingerprint density at radius 3 is 1.95 bits per heavy atom. The maximum atomic E-state index is 13.8. The van der Waals surface area contributed by atoms with E-state index in [-0.39, 0.29) is 48.7 Å². The van der Waals surface area contributed by atoms with Gasteiger partial charge in [0.2, 0.25) is 11.8 Å². The highest BCUT2D eigenvalue weighted by atomic mass is 16.5. The second-order valence-electron chi connectivity index (χ2n) is 12.8. The van der Waals surface area contributed by atoms with Crippen molar-refractivity contribution in [2.24, 2.45) is 11.8 Å². The van der Waals surface area contributed by atoms with Gasteiger partial charge in [-0.25, -0.2) is 0 Å². The Balaban J connectivity index is 0.00000212. The number of nitrogens with one attached hydrogen (secondary N) is 1. The SMILES string of the molecule is CC(C)(O)CCO.CC(C)CC(=O)NC(CCCCO)C(=O)N(c1ccccc1)C(C)CCOC(C)(C)C(=O)C(C)C. The van der Waals surface area contributed by atoms with Crippen molar-refractivity contribution in [3.05, 3.63) is 30.3 Å². The molecule has 9 heteroatoms. The number of rotatable bonds is 18. The number of carbonyl (C=O) groups excluding carboxylic acids is 3. The molecule has 0 saturated carbocycles. The van der Waals surface area contributed by atoms with Gasteiger partial charge in [0.1, 0.15) is 11.6 Å². The van der Waals surface area contributed by atoms with Crippen LogP contribution in [0.15, 0.2) is 30.3 Å². The Hall–Kier alpha value is -2.33. The minimum absolute atomic E-state index is 0.0398. The number of unbranched alkanes of at least 4 members (excludes halogenated alkanes) is 1. The number of hydrogen-bond donors (Lipinski definition) is 4. The summed E-state index contributed by atoms with van der Waals surface area (Å²) in [4.78, 5) is 40.5. The van der Waals surface area contributed by atoms with Crippen LogP contribution in [0.25, 0.3) is 0 Å². The van der Waals surface area contributed by atoms with Gasteiger partial charge in [0.15, 0.2) is 5.78 Å². The molecule has 0 aromatic heterocycles. The molecule has 0 fully saturated rings. The minimum atomic E-state index is -0.896. The molecule has 0 bridgehead atoms. The zero-order valence-corrected chi connectivity index (χ0v) is 27.5. The summed E-state index contributed by atoms with van der Waals surface area (Å²) in [6, 6.07) is 8.49. The summed E-state index contributed by atoms with van der Waals surface area (Å²) in [7, 11) is 0. The molecule has 0 aliphatic carbocycles. The lowest BCUT2D eigenvalue weighted by atomic mass is 9.94. The Kier molecular flexibility index (Phi) is 18.7. The third kappa shape index (κ3) is 16.3. The summed E-state index contributed by atoms with van der Waals surface area (Å²) < 4.78 is 5.95. The number of para-hydroxylation sites is 1. The van der Waals surface area contributed by atoms with Crippen molar-refractivity contribution >= 4 is 23.3 Å². The number of ketones is 1. The van der Waals surface area contributed by atoms with Crippen LogP contribution in [0.1, 0.15) is 101 Å². The number of nitrogens with zero attached hydrogens (tertiary/aromatic N) is 1. The number of aliphatic hydroxyl groups is 3. The predicted molar refractivity (Wildman–Crippen MR) is 168 cm³/mol.